The van der Waals surface area contributed by atoms with E-state index in [1.807, 2.05) is 0 Å². The van der Waals surface area contributed by atoms with Crippen molar-refractivity contribution in [3.8, 4) is 0 Å². The highest BCUT2D eigenvalue weighted by Crippen LogP contribution is 2.16. The van der Waals surface area contributed by atoms with Crippen LogP contribution in [0.25, 0.3) is 0 Å². The Bertz CT molecular complexity index is 542. The predicted octanol–water partition coefficient (Wildman–Crippen LogP) is 1.71. The van der Waals surface area contributed by atoms with Gasteiger partial charge in [-0.25, -0.2) is 13.2 Å². The van der Waals surface area contributed by atoms with Gasteiger partial charge < -0.3 is 10.1 Å². The van der Waals surface area contributed by atoms with Crippen molar-refractivity contribution in [3.05, 3.63) is 24.3 Å². The average molecular weight is 286 g/mol. The molecule has 1 rings (SSSR count). The maximum Gasteiger partial charge on any atom is 0.411 e. The van der Waals surface area contributed by atoms with E-state index >= 15 is 0 Å². The fourth-order valence-corrected chi connectivity index (χ4v) is 2.63. The van der Waals surface area contributed by atoms with Gasteiger partial charge in [0, 0.05) is 23.7 Å². The second-order valence-electron chi connectivity index (χ2n) is 4.34. The van der Waals surface area contributed by atoms with E-state index < -0.39 is 15.9 Å². The summed E-state index contributed by atoms with van der Waals surface area (Å²) in [6.45, 7) is 1.78. The summed E-state index contributed by atoms with van der Waals surface area (Å²) in [4.78, 5) is 11.1. The van der Waals surface area contributed by atoms with E-state index in [4.69, 9.17) is 0 Å². The van der Waals surface area contributed by atoms with Gasteiger partial charge in [-0.1, -0.05) is 6.07 Å². The molecule has 1 unspecified atom stereocenters. The van der Waals surface area contributed by atoms with Gasteiger partial charge in [-0.05, 0) is 25.1 Å². The van der Waals surface area contributed by atoms with Gasteiger partial charge in [0.1, 0.15) is 9.84 Å². The lowest BCUT2D eigenvalue weighted by atomic mass is 10.2. The standard InChI is InChI=1S/C12H18N2O4S/c1-9(8-19(3,16)17)13-10-5-4-6-11(7-10)14-12(15)18-2/h4-7,9,13H,8H2,1-3H3,(H,14,15). The van der Waals surface area contributed by atoms with Gasteiger partial charge in [0.25, 0.3) is 0 Å². The molecule has 0 fully saturated rings. The topological polar surface area (TPSA) is 84.5 Å². The zero-order chi connectivity index (χ0) is 14.5. The highest BCUT2D eigenvalue weighted by atomic mass is 32.2. The molecule has 2 N–H and O–H groups in total. The summed E-state index contributed by atoms with van der Waals surface area (Å²) in [5, 5.41) is 5.59. The van der Waals surface area contributed by atoms with Crippen molar-refractivity contribution in [2.75, 3.05) is 29.8 Å². The third kappa shape index (κ3) is 6.10. The number of rotatable bonds is 5. The molecule has 7 heteroatoms. The number of nitrogens with one attached hydrogen (secondary N) is 2. The molecule has 0 saturated heterocycles. The zero-order valence-corrected chi connectivity index (χ0v) is 12.0. The van der Waals surface area contributed by atoms with Crippen LogP contribution in [0.3, 0.4) is 0 Å². The molecule has 1 aromatic rings. The summed E-state index contributed by atoms with van der Waals surface area (Å²) in [5.41, 5.74) is 1.30. The smallest absolute Gasteiger partial charge is 0.411 e. The molecule has 0 heterocycles. The highest BCUT2D eigenvalue weighted by Gasteiger charge is 2.10. The molecule has 0 aliphatic rings. The fourth-order valence-electron chi connectivity index (χ4n) is 1.64. The Kier molecular flexibility index (Phi) is 5.17. The predicted molar refractivity (Wildman–Crippen MR) is 75.3 cm³/mol. The molecule has 0 bridgehead atoms. The molecule has 0 spiro atoms. The molecular formula is C12H18N2O4S. The van der Waals surface area contributed by atoms with Crippen molar-refractivity contribution in [2.24, 2.45) is 0 Å². The van der Waals surface area contributed by atoms with Crippen molar-refractivity contribution in [2.45, 2.75) is 13.0 Å². The number of hydrogen-bond acceptors (Lipinski definition) is 5. The van der Waals surface area contributed by atoms with E-state index in [1.54, 1.807) is 31.2 Å². The Hall–Kier alpha value is -1.76. The van der Waals surface area contributed by atoms with Crippen LogP contribution in [0.2, 0.25) is 0 Å². The van der Waals surface area contributed by atoms with Crippen molar-refractivity contribution >= 4 is 27.3 Å². The molecule has 0 aromatic heterocycles. The van der Waals surface area contributed by atoms with E-state index in [0.717, 1.165) is 5.69 Å². The molecule has 0 radical (unpaired) electrons. The van der Waals surface area contributed by atoms with Gasteiger partial charge >= 0.3 is 6.09 Å². The second-order valence-corrected chi connectivity index (χ2v) is 6.52. The number of carbonyl (C=O) groups excluding carboxylic acids is 1. The monoisotopic (exact) mass is 286 g/mol. The Morgan fingerprint density at radius 2 is 2.00 bits per heavy atom. The number of carbonyl (C=O) groups is 1. The first kappa shape index (κ1) is 15.3. The van der Waals surface area contributed by atoms with Gasteiger partial charge in [0.15, 0.2) is 0 Å². The van der Waals surface area contributed by atoms with Gasteiger partial charge in [0.2, 0.25) is 0 Å². The zero-order valence-electron chi connectivity index (χ0n) is 11.1. The number of sulfone groups is 1. The number of ether oxygens (including phenoxy) is 1. The van der Waals surface area contributed by atoms with Crippen LogP contribution in [-0.4, -0.2) is 39.7 Å². The molecule has 0 aliphatic heterocycles. The lowest BCUT2D eigenvalue weighted by Gasteiger charge is -2.15. The lowest BCUT2D eigenvalue weighted by molar-refractivity contribution is 0.187. The van der Waals surface area contributed by atoms with E-state index in [9.17, 15) is 13.2 Å². The molecule has 0 aliphatic carbocycles. The van der Waals surface area contributed by atoms with Gasteiger partial charge in [-0.15, -0.1) is 0 Å². The quantitative estimate of drug-likeness (QED) is 0.860. The third-order valence-corrected chi connectivity index (χ3v) is 3.37. The van der Waals surface area contributed by atoms with Crippen molar-refractivity contribution in [1.29, 1.82) is 0 Å². The van der Waals surface area contributed by atoms with Crippen LogP contribution >= 0.6 is 0 Å². The molecule has 1 amide bonds. The van der Waals surface area contributed by atoms with Crippen molar-refractivity contribution in [3.63, 3.8) is 0 Å². The summed E-state index contributed by atoms with van der Waals surface area (Å²) in [5.74, 6) is 0.0433. The van der Waals surface area contributed by atoms with E-state index in [1.165, 1.54) is 13.4 Å². The van der Waals surface area contributed by atoms with Crippen LogP contribution in [0.4, 0.5) is 16.2 Å². The highest BCUT2D eigenvalue weighted by molar-refractivity contribution is 7.90. The van der Waals surface area contributed by atoms with Crippen LogP contribution < -0.4 is 10.6 Å². The minimum Gasteiger partial charge on any atom is -0.453 e. The number of anilines is 2. The minimum absolute atomic E-state index is 0.0433. The summed E-state index contributed by atoms with van der Waals surface area (Å²) >= 11 is 0. The maximum absolute atomic E-state index is 11.2. The Morgan fingerprint density at radius 1 is 1.37 bits per heavy atom. The Labute approximate surface area is 113 Å². The molecule has 19 heavy (non-hydrogen) atoms. The van der Waals surface area contributed by atoms with Gasteiger partial charge in [0.05, 0.1) is 12.9 Å². The van der Waals surface area contributed by atoms with Crippen molar-refractivity contribution < 1.29 is 17.9 Å². The maximum atomic E-state index is 11.2. The normalized spacial score (nSPS) is 12.6. The lowest BCUT2D eigenvalue weighted by Crippen LogP contribution is -2.25. The van der Waals surface area contributed by atoms with Crippen LogP contribution in [-0.2, 0) is 14.6 Å². The summed E-state index contributed by atoms with van der Waals surface area (Å²) < 4.78 is 26.8. The van der Waals surface area contributed by atoms with E-state index in [0.29, 0.717) is 5.69 Å². The fraction of sp³-hybridized carbons (Fsp3) is 0.417. The molecule has 0 saturated carbocycles. The molecule has 1 atom stereocenters. The molecule has 106 valence electrons. The summed E-state index contributed by atoms with van der Waals surface area (Å²) in [6.07, 6.45) is 0.641. The largest absolute Gasteiger partial charge is 0.453 e. The number of amides is 1. The third-order valence-electron chi connectivity index (χ3n) is 2.26. The van der Waals surface area contributed by atoms with Gasteiger partial charge in [-0.2, -0.15) is 0 Å². The SMILES string of the molecule is COC(=O)Nc1cccc(NC(C)CS(C)(=O)=O)c1. The second kappa shape index (κ2) is 6.42. The number of hydrogen-bond donors (Lipinski definition) is 2. The molecule has 6 nitrogen and oxygen atoms in total. The van der Waals surface area contributed by atoms with Gasteiger partial charge in [-0.3, -0.25) is 5.32 Å². The average Bonchev–Trinajstić information content (AvgIpc) is 2.26. The Balaban J connectivity index is 2.69. The van der Waals surface area contributed by atoms with Crippen LogP contribution in [0.1, 0.15) is 6.92 Å². The molecule has 1 aromatic carbocycles. The Morgan fingerprint density at radius 3 is 2.58 bits per heavy atom. The van der Waals surface area contributed by atoms with Crippen LogP contribution in [0.5, 0.6) is 0 Å². The van der Waals surface area contributed by atoms with Crippen molar-refractivity contribution in [1.82, 2.24) is 0 Å². The first-order valence-corrected chi connectivity index (χ1v) is 7.75. The summed E-state index contributed by atoms with van der Waals surface area (Å²) in [6, 6.07) is 6.74. The van der Waals surface area contributed by atoms with Crippen LogP contribution in [0, 0.1) is 0 Å². The minimum atomic E-state index is -3.03. The number of benzene rings is 1. The van der Waals surface area contributed by atoms with E-state index in [-0.39, 0.29) is 11.8 Å². The first-order chi connectivity index (χ1) is 8.80. The first-order valence-electron chi connectivity index (χ1n) is 5.69. The number of methoxy groups -OCH3 is 1. The molecular weight excluding hydrogens is 268 g/mol. The van der Waals surface area contributed by atoms with E-state index in [2.05, 4.69) is 15.4 Å². The summed E-state index contributed by atoms with van der Waals surface area (Å²) in [7, 11) is -1.75. The van der Waals surface area contributed by atoms with Crippen LogP contribution in [0.15, 0.2) is 24.3 Å².